The highest BCUT2D eigenvalue weighted by Gasteiger charge is 2.10. The third kappa shape index (κ3) is 6.03. The molecule has 1 aromatic carbocycles. The van der Waals surface area contributed by atoms with Crippen LogP contribution in [0.15, 0.2) is 29.2 Å². The van der Waals surface area contributed by atoms with E-state index in [9.17, 15) is 20.0 Å². The van der Waals surface area contributed by atoms with Crippen molar-refractivity contribution in [3.63, 3.8) is 0 Å². The second-order valence-electron chi connectivity index (χ2n) is 4.59. The number of amides is 1. The SMILES string of the molecule is CC(O)CC(C)NC(=O)CSc1ccc([N+](=O)[O-])cc1. The van der Waals surface area contributed by atoms with Crippen LogP contribution in [0.5, 0.6) is 0 Å². The lowest BCUT2D eigenvalue weighted by Crippen LogP contribution is -2.35. The molecule has 110 valence electrons. The molecule has 0 aliphatic rings. The molecule has 0 radical (unpaired) electrons. The van der Waals surface area contributed by atoms with Crippen LogP contribution >= 0.6 is 11.8 Å². The van der Waals surface area contributed by atoms with Crippen LogP contribution in [0.25, 0.3) is 0 Å². The number of hydrogen-bond acceptors (Lipinski definition) is 5. The zero-order chi connectivity index (χ0) is 15.1. The van der Waals surface area contributed by atoms with Crippen LogP contribution in [0.2, 0.25) is 0 Å². The Morgan fingerprint density at radius 3 is 2.50 bits per heavy atom. The number of non-ortho nitro benzene ring substituents is 1. The van der Waals surface area contributed by atoms with E-state index >= 15 is 0 Å². The molecule has 0 fully saturated rings. The lowest BCUT2D eigenvalue weighted by molar-refractivity contribution is -0.384. The smallest absolute Gasteiger partial charge is 0.269 e. The molecule has 0 bridgehead atoms. The summed E-state index contributed by atoms with van der Waals surface area (Å²) in [6.45, 7) is 3.51. The first-order valence-corrected chi connectivity index (χ1v) is 7.21. The molecule has 6 nitrogen and oxygen atoms in total. The largest absolute Gasteiger partial charge is 0.393 e. The fourth-order valence-corrected chi connectivity index (χ4v) is 2.41. The van der Waals surface area contributed by atoms with Crippen molar-refractivity contribution in [3.05, 3.63) is 34.4 Å². The van der Waals surface area contributed by atoms with E-state index in [4.69, 9.17) is 0 Å². The fourth-order valence-electron chi connectivity index (χ4n) is 1.70. The molecule has 0 aromatic heterocycles. The highest BCUT2D eigenvalue weighted by atomic mass is 32.2. The van der Waals surface area contributed by atoms with Crippen molar-refractivity contribution in [1.29, 1.82) is 0 Å². The molecule has 0 saturated heterocycles. The van der Waals surface area contributed by atoms with Crippen LogP contribution in [0.4, 0.5) is 5.69 Å². The third-order valence-electron chi connectivity index (χ3n) is 2.52. The molecule has 0 saturated carbocycles. The van der Waals surface area contributed by atoms with Crippen LogP contribution in [0.3, 0.4) is 0 Å². The Morgan fingerprint density at radius 1 is 1.40 bits per heavy atom. The van der Waals surface area contributed by atoms with E-state index in [0.29, 0.717) is 6.42 Å². The van der Waals surface area contributed by atoms with Crippen molar-refractivity contribution >= 4 is 23.4 Å². The number of rotatable bonds is 7. The van der Waals surface area contributed by atoms with Gasteiger partial charge in [-0.2, -0.15) is 0 Å². The second kappa shape index (κ2) is 7.86. The third-order valence-corrected chi connectivity index (χ3v) is 3.53. The maximum atomic E-state index is 11.7. The van der Waals surface area contributed by atoms with E-state index in [1.54, 1.807) is 19.1 Å². The molecule has 7 heteroatoms. The normalized spacial score (nSPS) is 13.6. The zero-order valence-electron chi connectivity index (χ0n) is 11.4. The highest BCUT2D eigenvalue weighted by molar-refractivity contribution is 8.00. The summed E-state index contributed by atoms with van der Waals surface area (Å²) in [6.07, 6.45) is 0.0566. The van der Waals surface area contributed by atoms with Gasteiger partial charge in [0.15, 0.2) is 0 Å². The predicted molar refractivity (Wildman–Crippen MR) is 77.7 cm³/mol. The maximum absolute atomic E-state index is 11.7. The van der Waals surface area contributed by atoms with E-state index in [0.717, 1.165) is 4.90 Å². The average Bonchev–Trinajstić information content (AvgIpc) is 2.35. The number of nitrogens with zero attached hydrogens (tertiary/aromatic N) is 1. The van der Waals surface area contributed by atoms with Crippen LogP contribution in [0, 0.1) is 10.1 Å². The Morgan fingerprint density at radius 2 is 2.00 bits per heavy atom. The van der Waals surface area contributed by atoms with E-state index in [1.165, 1.54) is 23.9 Å². The van der Waals surface area contributed by atoms with Crippen LogP contribution in [0.1, 0.15) is 20.3 Å². The molecule has 1 amide bonds. The summed E-state index contributed by atoms with van der Waals surface area (Å²) in [7, 11) is 0. The van der Waals surface area contributed by atoms with Gasteiger partial charge in [-0.1, -0.05) is 0 Å². The molecule has 2 atom stereocenters. The van der Waals surface area contributed by atoms with E-state index < -0.39 is 11.0 Å². The van der Waals surface area contributed by atoms with Crippen molar-refractivity contribution < 1.29 is 14.8 Å². The fraction of sp³-hybridized carbons (Fsp3) is 0.462. The Bertz CT molecular complexity index is 462. The van der Waals surface area contributed by atoms with Gasteiger partial charge in [0.1, 0.15) is 0 Å². The van der Waals surface area contributed by atoms with Crippen molar-refractivity contribution in [2.45, 2.75) is 37.3 Å². The zero-order valence-corrected chi connectivity index (χ0v) is 12.2. The second-order valence-corrected chi connectivity index (χ2v) is 5.64. The Labute approximate surface area is 121 Å². The van der Waals surface area contributed by atoms with Crippen molar-refractivity contribution in [1.82, 2.24) is 5.32 Å². The van der Waals surface area contributed by atoms with Gasteiger partial charge in [0.2, 0.25) is 5.91 Å². The van der Waals surface area contributed by atoms with Crippen molar-refractivity contribution in [3.8, 4) is 0 Å². The molecule has 1 rings (SSSR count). The Balaban J connectivity index is 2.39. The molecular weight excluding hydrogens is 280 g/mol. The van der Waals surface area contributed by atoms with Crippen molar-refractivity contribution in [2.24, 2.45) is 0 Å². The van der Waals surface area contributed by atoms with E-state index in [1.807, 2.05) is 6.92 Å². The van der Waals surface area contributed by atoms with Gasteiger partial charge in [0, 0.05) is 23.1 Å². The van der Waals surface area contributed by atoms with Gasteiger partial charge in [-0.05, 0) is 32.4 Å². The molecule has 0 heterocycles. The molecule has 0 aliphatic heterocycles. The van der Waals surface area contributed by atoms with Gasteiger partial charge in [0.25, 0.3) is 5.69 Å². The van der Waals surface area contributed by atoms with Gasteiger partial charge in [-0.3, -0.25) is 14.9 Å². The Hall–Kier alpha value is -1.60. The number of nitrogens with one attached hydrogen (secondary N) is 1. The summed E-state index contributed by atoms with van der Waals surface area (Å²) in [5.41, 5.74) is 0.0318. The van der Waals surface area contributed by atoms with Gasteiger partial charge >= 0.3 is 0 Å². The molecule has 20 heavy (non-hydrogen) atoms. The maximum Gasteiger partial charge on any atom is 0.269 e. The number of aliphatic hydroxyl groups excluding tert-OH is 1. The summed E-state index contributed by atoms with van der Waals surface area (Å²) >= 11 is 1.31. The standard InChI is InChI=1S/C13H18N2O4S/c1-9(7-10(2)16)14-13(17)8-20-12-5-3-11(4-6-12)15(18)19/h3-6,9-10,16H,7-8H2,1-2H3,(H,14,17). The minimum atomic E-state index is -0.459. The summed E-state index contributed by atoms with van der Waals surface area (Å²) < 4.78 is 0. The first-order valence-electron chi connectivity index (χ1n) is 6.23. The molecule has 2 N–H and O–H groups in total. The lowest BCUT2D eigenvalue weighted by atomic mass is 10.1. The number of nitro groups is 1. The summed E-state index contributed by atoms with van der Waals surface area (Å²) in [5, 5.41) is 22.5. The summed E-state index contributed by atoms with van der Waals surface area (Å²) in [4.78, 5) is 22.5. The quantitative estimate of drug-likeness (QED) is 0.456. The summed E-state index contributed by atoms with van der Waals surface area (Å²) in [5.74, 6) is 0.114. The van der Waals surface area contributed by atoms with Crippen LogP contribution < -0.4 is 5.32 Å². The Kier molecular flexibility index (Phi) is 6.47. The first-order chi connectivity index (χ1) is 9.38. The number of aliphatic hydroxyl groups is 1. The predicted octanol–water partition coefficient (Wildman–Crippen LogP) is 1.96. The minimum absolute atomic E-state index is 0.0318. The van der Waals surface area contributed by atoms with E-state index in [-0.39, 0.29) is 23.4 Å². The topological polar surface area (TPSA) is 92.5 Å². The van der Waals surface area contributed by atoms with Gasteiger partial charge in [-0.15, -0.1) is 11.8 Å². The number of hydrogen-bond donors (Lipinski definition) is 2. The molecule has 2 unspecified atom stereocenters. The van der Waals surface area contributed by atoms with Crippen LogP contribution in [-0.4, -0.2) is 33.8 Å². The molecule has 0 aliphatic carbocycles. The summed E-state index contributed by atoms with van der Waals surface area (Å²) in [6, 6.07) is 5.98. The minimum Gasteiger partial charge on any atom is -0.393 e. The molecular formula is C13H18N2O4S. The number of carbonyl (C=O) groups excluding carboxylic acids is 1. The molecule has 1 aromatic rings. The average molecular weight is 298 g/mol. The van der Waals surface area contributed by atoms with Gasteiger partial charge in [0.05, 0.1) is 16.8 Å². The first kappa shape index (κ1) is 16.5. The molecule has 0 spiro atoms. The monoisotopic (exact) mass is 298 g/mol. The number of carbonyl (C=O) groups is 1. The number of thioether (sulfide) groups is 1. The number of nitro benzene ring substituents is 1. The highest BCUT2D eigenvalue weighted by Crippen LogP contribution is 2.21. The van der Waals surface area contributed by atoms with E-state index in [2.05, 4.69) is 5.32 Å². The number of benzene rings is 1. The van der Waals surface area contributed by atoms with Gasteiger partial charge in [-0.25, -0.2) is 0 Å². The lowest BCUT2D eigenvalue weighted by Gasteiger charge is -2.15. The van der Waals surface area contributed by atoms with Crippen LogP contribution in [-0.2, 0) is 4.79 Å². The van der Waals surface area contributed by atoms with Crippen molar-refractivity contribution in [2.75, 3.05) is 5.75 Å². The van der Waals surface area contributed by atoms with Gasteiger partial charge < -0.3 is 10.4 Å².